The summed E-state index contributed by atoms with van der Waals surface area (Å²) in [5, 5.41) is 14.5. The molecule has 0 aromatic heterocycles. The molecule has 3 N–H and O–H groups in total. The van der Waals surface area contributed by atoms with E-state index in [1.165, 1.54) is 38.5 Å². The van der Waals surface area contributed by atoms with E-state index in [4.69, 9.17) is 0 Å². The third-order valence-corrected chi connectivity index (χ3v) is 13.7. The molecule has 4 fully saturated rings. The number of hydrogen-bond acceptors (Lipinski definition) is 4. The SMILES string of the molecule is CC[C@H]1[C@@H](O)[C@@H]2[C@H](CC[C@]3(C)[C@@H]([C@H](C)CCNC(=O)NS(=O)(=O)c4cc(F)ccc4F)CC[C@@H]23)[C@@]2(C)CCCC[C@@H]12. The predicted molar refractivity (Wildman–Crippen MR) is 154 cm³/mol. The number of urea groups is 1. The fourth-order valence-electron chi connectivity index (χ4n) is 10.5. The van der Waals surface area contributed by atoms with Gasteiger partial charge in [-0.25, -0.2) is 26.7 Å². The van der Waals surface area contributed by atoms with Gasteiger partial charge in [-0.15, -0.1) is 0 Å². The van der Waals surface area contributed by atoms with Crippen molar-refractivity contribution < 1.29 is 27.1 Å². The lowest BCUT2D eigenvalue weighted by atomic mass is 9.41. The van der Waals surface area contributed by atoms with Gasteiger partial charge in [0.15, 0.2) is 0 Å². The van der Waals surface area contributed by atoms with E-state index in [-0.39, 0.29) is 18.1 Å². The molecule has 0 spiro atoms. The van der Waals surface area contributed by atoms with Gasteiger partial charge in [0.2, 0.25) is 0 Å². The second-order valence-electron chi connectivity index (χ2n) is 14.1. The van der Waals surface area contributed by atoms with Crippen molar-refractivity contribution in [2.75, 3.05) is 6.54 Å². The lowest BCUT2D eigenvalue weighted by Crippen LogP contribution is -2.61. The van der Waals surface area contributed by atoms with Gasteiger partial charge in [-0.3, -0.25) is 0 Å². The van der Waals surface area contributed by atoms with Crippen molar-refractivity contribution in [3.8, 4) is 0 Å². The van der Waals surface area contributed by atoms with Crippen LogP contribution in [0.25, 0.3) is 0 Å². The van der Waals surface area contributed by atoms with Crippen molar-refractivity contribution in [1.29, 1.82) is 0 Å². The van der Waals surface area contributed by atoms with Crippen LogP contribution in [0.5, 0.6) is 0 Å². The summed E-state index contributed by atoms with van der Waals surface area (Å²) < 4.78 is 54.1. The van der Waals surface area contributed by atoms with Crippen LogP contribution < -0.4 is 10.0 Å². The van der Waals surface area contributed by atoms with Crippen molar-refractivity contribution in [2.45, 2.75) is 103 Å². The monoisotopic (exact) mass is 594 g/mol. The number of halogens is 2. The number of benzene rings is 1. The first-order chi connectivity index (χ1) is 19.3. The molecule has 6 nitrogen and oxygen atoms in total. The summed E-state index contributed by atoms with van der Waals surface area (Å²) >= 11 is 0. The number of rotatable bonds is 7. The molecular weight excluding hydrogens is 546 g/mol. The Morgan fingerprint density at radius 3 is 2.51 bits per heavy atom. The van der Waals surface area contributed by atoms with Gasteiger partial charge in [0, 0.05) is 6.54 Å². The quantitative estimate of drug-likeness (QED) is 0.330. The van der Waals surface area contributed by atoms with E-state index in [9.17, 15) is 27.1 Å². The molecule has 230 valence electrons. The van der Waals surface area contributed by atoms with E-state index in [2.05, 4.69) is 33.0 Å². The molecule has 1 aromatic carbocycles. The van der Waals surface area contributed by atoms with Crippen LogP contribution in [0.2, 0.25) is 0 Å². The molecule has 4 aliphatic rings. The summed E-state index contributed by atoms with van der Waals surface area (Å²) in [7, 11) is -4.54. The highest BCUT2D eigenvalue weighted by molar-refractivity contribution is 7.90. The Morgan fingerprint density at radius 2 is 1.78 bits per heavy atom. The van der Waals surface area contributed by atoms with Crippen LogP contribution in [0.1, 0.15) is 91.9 Å². The van der Waals surface area contributed by atoms with Gasteiger partial charge >= 0.3 is 6.03 Å². The summed E-state index contributed by atoms with van der Waals surface area (Å²) in [5.41, 5.74) is 0.470. The fourth-order valence-corrected chi connectivity index (χ4v) is 11.5. The Labute approximate surface area is 244 Å². The molecule has 5 rings (SSSR count). The molecule has 41 heavy (non-hydrogen) atoms. The minimum Gasteiger partial charge on any atom is -0.393 e. The second kappa shape index (κ2) is 11.4. The number of amides is 2. The number of nitrogens with one attached hydrogen (secondary N) is 2. The summed E-state index contributed by atoms with van der Waals surface area (Å²) in [6, 6.07) is 1.14. The second-order valence-corrected chi connectivity index (χ2v) is 15.8. The van der Waals surface area contributed by atoms with Gasteiger partial charge in [-0.2, -0.15) is 0 Å². The number of fused-ring (bicyclic) bond motifs is 5. The van der Waals surface area contributed by atoms with E-state index in [1.807, 2.05) is 0 Å². The minimum absolute atomic E-state index is 0.137. The van der Waals surface area contributed by atoms with Gasteiger partial charge in [0.1, 0.15) is 16.5 Å². The Kier molecular flexibility index (Phi) is 8.54. The Hall–Kier alpha value is -1.74. The lowest BCUT2D eigenvalue weighted by Gasteiger charge is -2.64. The summed E-state index contributed by atoms with van der Waals surface area (Å²) in [4.78, 5) is 11.5. The topological polar surface area (TPSA) is 95.5 Å². The average Bonchev–Trinajstić information content (AvgIpc) is 3.27. The molecule has 2 amide bonds. The zero-order chi connectivity index (χ0) is 29.7. The number of hydrogen-bond donors (Lipinski definition) is 3. The molecule has 9 heteroatoms. The number of sulfonamides is 1. The van der Waals surface area contributed by atoms with E-state index in [0.717, 1.165) is 31.4 Å². The van der Waals surface area contributed by atoms with Crippen LogP contribution in [0.4, 0.5) is 13.6 Å². The van der Waals surface area contributed by atoms with Crippen LogP contribution in [0.3, 0.4) is 0 Å². The predicted octanol–water partition coefficient (Wildman–Crippen LogP) is 6.63. The van der Waals surface area contributed by atoms with Gasteiger partial charge in [0.25, 0.3) is 10.0 Å². The highest BCUT2D eigenvalue weighted by Gasteiger charge is 2.64. The Morgan fingerprint density at radius 1 is 1.05 bits per heavy atom. The highest BCUT2D eigenvalue weighted by atomic mass is 32.2. The van der Waals surface area contributed by atoms with Crippen molar-refractivity contribution >= 4 is 16.1 Å². The summed E-state index contributed by atoms with van der Waals surface area (Å²) in [6.45, 7) is 9.73. The van der Waals surface area contributed by atoms with E-state index in [1.54, 1.807) is 4.72 Å². The molecule has 4 aliphatic carbocycles. The van der Waals surface area contributed by atoms with Crippen LogP contribution >= 0.6 is 0 Å². The van der Waals surface area contributed by atoms with E-state index < -0.39 is 32.6 Å². The molecule has 0 saturated heterocycles. The first-order valence-electron chi connectivity index (χ1n) is 15.8. The maximum absolute atomic E-state index is 14.0. The summed E-state index contributed by atoms with van der Waals surface area (Å²) in [5.74, 6) is 1.21. The van der Waals surface area contributed by atoms with Crippen molar-refractivity contribution in [3.63, 3.8) is 0 Å². The molecule has 0 unspecified atom stereocenters. The van der Waals surface area contributed by atoms with Crippen LogP contribution in [-0.2, 0) is 10.0 Å². The van der Waals surface area contributed by atoms with Crippen LogP contribution in [-0.4, -0.2) is 32.2 Å². The van der Waals surface area contributed by atoms with Crippen LogP contribution in [0, 0.1) is 63.9 Å². The average molecular weight is 595 g/mol. The van der Waals surface area contributed by atoms with E-state index >= 15 is 0 Å². The number of aliphatic hydroxyl groups excluding tert-OH is 1. The number of carbonyl (C=O) groups is 1. The minimum atomic E-state index is -4.54. The molecule has 10 atom stereocenters. The molecular formula is C32H48F2N2O4S. The largest absolute Gasteiger partial charge is 0.393 e. The third kappa shape index (κ3) is 5.32. The Balaban J connectivity index is 1.22. The fraction of sp³-hybridized carbons (Fsp3) is 0.781. The first-order valence-corrected chi connectivity index (χ1v) is 17.3. The molecule has 0 bridgehead atoms. The summed E-state index contributed by atoms with van der Waals surface area (Å²) in [6.07, 6.45) is 11.2. The zero-order valence-corrected chi connectivity index (χ0v) is 25.8. The lowest BCUT2D eigenvalue weighted by molar-refractivity contribution is -0.194. The van der Waals surface area contributed by atoms with Gasteiger partial charge in [-0.1, -0.05) is 47.0 Å². The van der Waals surface area contributed by atoms with Crippen molar-refractivity contribution in [2.24, 2.45) is 52.3 Å². The normalized spacial score (nSPS) is 39.2. The molecule has 4 saturated carbocycles. The standard InChI is InChI=1S/C32H48F2N2O4S/c1-5-21-23-8-6-7-15-31(23,3)25-13-16-32(4)22(10-11-24(32)28(25)29(21)37)19(2)14-17-35-30(38)36-41(39,40)27-18-20(33)9-12-26(27)34/h9,12,18-19,21-25,28-29,37H,5-8,10-11,13-17H2,1-4H3,(H2,35,36,38)/t19-,21-,22-,23+,24+,25+,28+,29-,31+,32-/m1/s1. The molecule has 0 radical (unpaired) electrons. The third-order valence-electron chi connectivity index (χ3n) is 12.4. The van der Waals surface area contributed by atoms with Crippen molar-refractivity contribution in [3.05, 3.63) is 29.8 Å². The van der Waals surface area contributed by atoms with Gasteiger partial charge < -0.3 is 10.4 Å². The molecule has 1 aromatic rings. The Bertz CT molecular complexity index is 1240. The van der Waals surface area contributed by atoms with Gasteiger partial charge in [0.05, 0.1) is 6.10 Å². The first kappa shape index (κ1) is 30.7. The highest BCUT2D eigenvalue weighted by Crippen LogP contribution is 2.69. The van der Waals surface area contributed by atoms with Crippen molar-refractivity contribution in [1.82, 2.24) is 10.0 Å². The molecule has 0 heterocycles. The molecule has 0 aliphatic heterocycles. The number of carbonyl (C=O) groups excluding carboxylic acids is 1. The van der Waals surface area contributed by atoms with E-state index in [0.29, 0.717) is 59.3 Å². The van der Waals surface area contributed by atoms with Crippen LogP contribution in [0.15, 0.2) is 23.1 Å². The zero-order valence-electron chi connectivity index (χ0n) is 25.0. The maximum Gasteiger partial charge on any atom is 0.328 e. The smallest absolute Gasteiger partial charge is 0.328 e. The van der Waals surface area contributed by atoms with Gasteiger partial charge in [-0.05, 0) is 115 Å². The maximum atomic E-state index is 14.0. The number of aliphatic hydroxyl groups is 1.